The van der Waals surface area contributed by atoms with Crippen molar-refractivity contribution in [3.05, 3.63) is 29.3 Å². The van der Waals surface area contributed by atoms with Gasteiger partial charge in [0.15, 0.2) is 18.1 Å². The van der Waals surface area contributed by atoms with Gasteiger partial charge in [-0.1, -0.05) is 25.3 Å². The maximum absolute atomic E-state index is 12.5. The first-order valence-electron chi connectivity index (χ1n) is 10.7. The zero-order valence-electron chi connectivity index (χ0n) is 17.9. The van der Waals surface area contributed by atoms with Crippen LogP contribution in [0.25, 0.3) is 6.08 Å². The van der Waals surface area contributed by atoms with Gasteiger partial charge >= 0.3 is 0 Å². The second-order valence-electron chi connectivity index (χ2n) is 7.67. The molecule has 1 heterocycles. The number of benzene rings is 1. The second kappa shape index (κ2) is 11.4. The Bertz CT molecular complexity index is 849. The number of methoxy groups -OCH3 is 1. The molecule has 8 nitrogen and oxygen atoms in total. The lowest BCUT2D eigenvalue weighted by atomic mass is 9.95. The van der Waals surface area contributed by atoms with Gasteiger partial charge in [0.2, 0.25) is 0 Å². The minimum atomic E-state index is -0.357. The third kappa shape index (κ3) is 6.46. The van der Waals surface area contributed by atoms with Gasteiger partial charge in [-0.15, -0.1) is 0 Å². The number of hydrogen-bond acceptors (Lipinski definition) is 6. The van der Waals surface area contributed by atoms with E-state index in [4.69, 9.17) is 14.2 Å². The van der Waals surface area contributed by atoms with Crippen molar-refractivity contribution >= 4 is 17.9 Å². The van der Waals surface area contributed by atoms with Gasteiger partial charge in [-0.2, -0.15) is 5.26 Å². The molecule has 166 valence electrons. The maximum Gasteiger partial charge on any atom is 0.262 e. The SMILES string of the molecule is COc1cc(/C=C(\C#N)C(=O)NC2CCCCC2)ccc1OCC(=O)N1CCOCC1. The molecular weight excluding hydrogens is 398 g/mol. The van der Waals surface area contributed by atoms with Gasteiger partial charge < -0.3 is 24.4 Å². The van der Waals surface area contributed by atoms with E-state index in [1.54, 1.807) is 23.1 Å². The molecule has 31 heavy (non-hydrogen) atoms. The zero-order valence-corrected chi connectivity index (χ0v) is 17.9. The van der Waals surface area contributed by atoms with Gasteiger partial charge in [0.25, 0.3) is 11.8 Å². The Morgan fingerprint density at radius 3 is 2.65 bits per heavy atom. The molecule has 0 unspecified atom stereocenters. The van der Waals surface area contributed by atoms with E-state index >= 15 is 0 Å². The molecule has 1 N–H and O–H groups in total. The predicted molar refractivity (Wildman–Crippen MR) is 114 cm³/mol. The summed E-state index contributed by atoms with van der Waals surface area (Å²) >= 11 is 0. The van der Waals surface area contributed by atoms with E-state index in [0.717, 1.165) is 25.7 Å². The average Bonchev–Trinajstić information content (AvgIpc) is 2.82. The molecule has 1 saturated heterocycles. The molecule has 0 radical (unpaired) electrons. The highest BCUT2D eigenvalue weighted by Crippen LogP contribution is 2.29. The number of ether oxygens (including phenoxy) is 3. The molecule has 2 amide bonds. The Morgan fingerprint density at radius 2 is 1.97 bits per heavy atom. The van der Waals surface area contributed by atoms with Crippen LogP contribution in [-0.4, -0.2) is 62.8 Å². The second-order valence-corrected chi connectivity index (χ2v) is 7.67. The summed E-state index contributed by atoms with van der Waals surface area (Å²) in [6.07, 6.45) is 6.83. The van der Waals surface area contributed by atoms with Crippen molar-refractivity contribution in [2.24, 2.45) is 0 Å². The quantitative estimate of drug-likeness (QED) is 0.529. The van der Waals surface area contributed by atoms with E-state index in [-0.39, 0.29) is 30.0 Å². The van der Waals surface area contributed by atoms with E-state index in [2.05, 4.69) is 5.32 Å². The van der Waals surface area contributed by atoms with Gasteiger partial charge in [-0.3, -0.25) is 9.59 Å². The standard InChI is InChI=1S/C23H29N3O5/c1-29-21-14-17(13-18(15-24)23(28)25-19-5-3-2-4-6-19)7-8-20(21)31-16-22(27)26-9-11-30-12-10-26/h7-8,13-14,19H,2-6,9-12,16H2,1H3,(H,25,28)/b18-13+. The van der Waals surface area contributed by atoms with Crippen LogP contribution in [0.1, 0.15) is 37.7 Å². The van der Waals surface area contributed by atoms with Crippen LogP contribution in [-0.2, 0) is 14.3 Å². The summed E-state index contributed by atoms with van der Waals surface area (Å²) in [5, 5.41) is 12.4. The minimum Gasteiger partial charge on any atom is -0.493 e. The molecule has 1 aromatic rings. The Balaban J connectivity index is 1.64. The van der Waals surface area contributed by atoms with Crippen LogP contribution >= 0.6 is 0 Å². The molecule has 1 saturated carbocycles. The van der Waals surface area contributed by atoms with Crippen molar-refractivity contribution in [1.82, 2.24) is 10.2 Å². The summed E-state index contributed by atoms with van der Waals surface area (Å²) in [5.74, 6) is 0.380. The zero-order chi connectivity index (χ0) is 22.1. The Morgan fingerprint density at radius 1 is 1.23 bits per heavy atom. The van der Waals surface area contributed by atoms with Gasteiger partial charge in [0.1, 0.15) is 11.6 Å². The summed E-state index contributed by atoms with van der Waals surface area (Å²) in [4.78, 5) is 26.5. The molecule has 1 aliphatic carbocycles. The van der Waals surface area contributed by atoms with Crippen molar-refractivity contribution in [2.75, 3.05) is 40.0 Å². The number of carbonyl (C=O) groups is 2. The van der Waals surface area contributed by atoms with Crippen LogP contribution in [0.2, 0.25) is 0 Å². The van der Waals surface area contributed by atoms with Crippen molar-refractivity contribution in [3.8, 4) is 17.6 Å². The van der Waals surface area contributed by atoms with Crippen molar-refractivity contribution in [3.63, 3.8) is 0 Å². The van der Waals surface area contributed by atoms with E-state index in [0.29, 0.717) is 43.4 Å². The third-order valence-corrected chi connectivity index (χ3v) is 5.52. The maximum atomic E-state index is 12.5. The smallest absolute Gasteiger partial charge is 0.262 e. The first-order chi connectivity index (χ1) is 15.1. The van der Waals surface area contributed by atoms with E-state index in [1.165, 1.54) is 19.6 Å². The van der Waals surface area contributed by atoms with Gasteiger partial charge in [-0.25, -0.2) is 0 Å². The molecule has 0 aromatic heterocycles. The Kier molecular flexibility index (Phi) is 8.30. The summed E-state index contributed by atoms with van der Waals surface area (Å²) in [7, 11) is 1.50. The lowest BCUT2D eigenvalue weighted by molar-refractivity contribution is -0.137. The number of rotatable bonds is 7. The van der Waals surface area contributed by atoms with E-state index in [1.807, 2.05) is 6.07 Å². The molecule has 0 atom stereocenters. The summed E-state index contributed by atoms with van der Waals surface area (Å²) < 4.78 is 16.3. The summed E-state index contributed by atoms with van der Waals surface area (Å²) in [5.41, 5.74) is 0.683. The molecule has 2 fully saturated rings. The highest BCUT2D eigenvalue weighted by Gasteiger charge is 2.19. The fourth-order valence-electron chi connectivity index (χ4n) is 3.76. The largest absolute Gasteiger partial charge is 0.493 e. The number of carbonyl (C=O) groups excluding carboxylic acids is 2. The Hall–Kier alpha value is -3.05. The number of morpholine rings is 1. The number of nitrogens with zero attached hydrogens (tertiary/aromatic N) is 2. The topological polar surface area (TPSA) is 101 Å². The summed E-state index contributed by atoms with van der Waals surface area (Å²) in [6, 6.07) is 7.19. The third-order valence-electron chi connectivity index (χ3n) is 5.52. The lowest BCUT2D eigenvalue weighted by Crippen LogP contribution is -2.43. The molecule has 2 aliphatic rings. The Labute approximate surface area is 182 Å². The first-order valence-corrected chi connectivity index (χ1v) is 10.7. The van der Waals surface area contributed by atoms with Crippen molar-refractivity contribution in [2.45, 2.75) is 38.1 Å². The molecule has 1 aliphatic heterocycles. The number of nitriles is 1. The molecular formula is C23H29N3O5. The highest BCUT2D eigenvalue weighted by molar-refractivity contribution is 6.01. The van der Waals surface area contributed by atoms with Gasteiger partial charge in [-0.05, 0) is 36.6 Å². The fraction of sp³-hybridized carbons (Fsp3) is 0.522. The number of amides is 2. The molecule has 0 spiro atoms. The van der Waals surface area contributed by atoms with Crippen LogP contribution in [0.3, 0.4) is 0 Å². The first kappa shape index (κ1) is 22.6. The normalized spacial score (nSPS) is 17.5. The highest BCUT2D eigenvalue weighted by atomic mass is 16.5. The summed E-state index contributed by atoms with van der Waals surface area (Å²) in [6.45, 7) is 2.09. The van der Waals surface area contributed by atoms with Crippen LogP contribution < -0.4 is 14.8 Å². The average molecular weight is 428 g/mol. The van der Waals surface area contributed by atoms with Crippen LogP contribution in [0, 0.1) is 11.3 Å². The van der Waals surface area contributed by atoms with Crippen LogP contribution in [0.15, 0.2) is 23.8 Å². The van der Waals surface area contributed by atoms with E-state index < -0.39 is 0 Å². The van der Waals surface area contributed by atoms with Crippen LogP contribution in [0.5, 0.6) is 11.5 Å². The van der Waals surface area contributed by atoms with Gasteiger partial charge in [0, 0.05) is 19.1 Å². The van der Waals surface area contributed by atoms with E-state index in [9.17, 15) is 14.9 Å². The molecule has 1 aromatic carbocycles. The molecule has 8 heteroatoms. The number of nitrogens with one attached hydrogen (secondary N) is 1. The number of hydrogen-bond donors (Lipinski definition) is 1. The molecule has 0 bridgehead atoms. The predicted octanol–water partition coefficient (Wildman–Crippen LogP) is 2.29. The van der Waals surface area contributed by atoms with Crippen molar-refractivity contribution in [1.29, 1.82) is 5.26 Å². The minimum absolute atomic E-state index is 0.0452. The van der Waals surface area contributed by atoms with Crippen LogP contribution in [0.4, 0.5) is 0 Å². The lowest BCUT2D eigenvalue weighted by Gasteiger charge is -2.26. The van der Waals surface area contributed by atoms with Gasteiger partial charge in [0.05, 0.1) is 20.3 Å². The van der Waals surface area contributed by atoms with Crippen molar-refractivity contribution < 1.29 is 23.8 Å². The molecule has 3 rings (SSSR count). The monoisotopic (exact) mass is 427 g/mol. The fourth-order valence-corrected chi connectivity index (χ4v) is 3.76.